The first-order chi connectivity index (χ1) is 8.24. The standard InChI is InChI=1S/C10H17N3O2S2/c1-8-9(13-17-12-8)6-16-7-10(14)11-4-3-5-15-2/h3-7H2,1-2H3,(H,11,14). The molecule has 0 aromatic carbocycles. The summed E-state index contributed by atoms with van der Waals surface area (Å²) in [7, 11) is 1.65. The molecule has 0 aliphatic rings. The number of carbonyl (C=O) groups is 1. The minimum Gasteiger partial charge on any atom is -0.385 e. The smallest absolute Gasteiger partial charge is 0.230 e. The zero-order valence-electron chi connectivity index (χ0n) is 10.1. The van der Waals surface area contributed by atoms with Gasteiger partial charge in [-0.25, -0.2) is 0 Å². The highest BCUT2D eigenvalue weighted by Crippen LogP contribution is 2.13. The molecule has 7 heteroatoms. The summed E-state index contributed by atoms with van der Waals surface area (Å²) in [6, 6.07) is 0. The Kier molecular flexibility index (Phi) is 7.14. The lowest BCUT2D eigenvalue weighted by atomic mass is 10.4. The summed E-state index contributed by atoms with van der Waals surface area (Å²) in [5.74, 6) is 1.27. The molecule has 1 aromatic heterocycles. The predicted octanol–water partition coefficient (Wildman–Crippen LogP) is 1.23. The lowest BCUT2D eigenvalue weighted by molar-refractivity contribution is -0.118. The van der Waals surface area contributed by atoms with Gasteiger partial charge >= 0.3 is 0 Å². The number of hydrogen-bond acceptors (Lipinski definition) is 6. The Balaban J connectivity index is 2.06. The van der Waals surface area contributed by atoms with Crippen molar-refractivity contribution in [2.45, 2.75) is 19.1 Å². The summed E-state index contributed by atoms with van der Waals surface area (Å²) in [4.78, 5) is 11.4. The minimum absolute atomic E-state index is 0.0620. The fourth-order valence-electron chi connectivity index (χ4n) is 1.12. The highest BCUT2D eigenvalue weighted by atomic mass is 32.2. The molecule has 0 aliphatic carbocycles. The fraction of sp³-hybridized carbons (Fsp3) is 0.700. The number of thioether (sulfide) groups is 1. The maximum atomic E-state index is 11.4. The average Bonchev–Trinajstić information content (AvgIpc) is 2.71. The van der Waals surface area contributed by atoms with Crippen molar-refractivity contribution in [2.75, 3.05) is 26.0 Å². The van der Waals surface area contributed by atoms with Crippen LogP contribution in [0, 0.1) is 6.92 Å². The third kappa shape index (κ3) is 5.99. The van der Waals surface area contributed by atoms with Gasteiger partial charge in [0.15, 0.2) is 0 Å². The molecule has 1 aromatic rings. The van der Waals surface area contributed by atoms with Crippen molar-refractivity contribution in [3.05, 3.63) is 11.4 Å². The van der Waals surface area contributed by atoms with Crippen LogP contribution in [0.15, 0.2) is 0 Å². The molecule has 0 unspecified atom stereocenters. The summed E-state index contributed by atoms with van der Waals surface area (Å²) in [6.07, 6.45) is 0.849. The first-order valence-electron chi connectivity index (χ1n) is 5.35. The van der Waals surface area contributed by atoms with E-state index in [1.807, 2.05) is 6.92 Å². The molecular weight excluding hydrogens is 258 g/mol. The normalized spacial score (nSPS) is 10.5. The lowest BCUT2D eigenvalue weighted by Crippen LogP contribution is -2.26. The van der Waals surface area contributed by atoms with Crippen LogP contribution in [0.5, 0.6) is 0 Å². The molecule has 96 valence electrons. The van der Waals surface area contributed by atoms with Gasteiger partial charge in [0.25, 0.3) is 0 Å². The van der Waals surface area contributed by atoms with Crippen molar-refractivity contribution in [3.8, 4) is 0 Å². The van der Waals surface area contributed by atoms with Gasteiger partial charge in [0.2, 0.25) is 5.91 Å². The molecule has 0 saturated heterocycles. The van der Waals surface area contributed by atoms with Crippen LogP contribution in [-0.2, 0) is 15.3 Å². The van der Waals surface area contributed by atoms with Crippen molar-refractivity contribution in [2.24, 2.45) is 0 Å². The molecule has 0 fully saturated rings. The predicted molar refractivity (Wildman–Crippen MR) is 70.3 cm³/mol. The molecule has 0 radical (unpaired) electrons. The largest absolute Gasteiger partial charge is 0.385 e. The second-order valence-corrected chi connectivity index (χ2v) is 5.00. The van der Waals surface area contributed by atoms with Gasteiger partial charge in [0.1, 0.15) is 0 Å². The molecular formula is C10H17N3O2S2. The van der Waals surface area contributed by atoms with Crippen molar-refractivity contribution in [1.82, 2.24) is 14.1 Å². The van der Waals surface area contributed by atoms with E-state index in [4.69, 9.17) is 4.74 Å². The molecule has 1 N–H and O–H groups in total. The molecule has 0 bridgehead atoms. The second kappa shape index (κ2) is 8.43. The molecule has 1 rings (SSSR count). The number of aromatic nitrogens is 2. The van der Waals surface area contributed by atoms with E-state index < -0.39 is 0 Å². The topological polar surface area (TPSA) is 64.1 Å². The Labute approximate surface area is 110 Å². The van der Waals surface area contributed by atoms with Gasteiger partial charge in [-0.1, -0.05) is 0 Å². The molecule has 1 amide bonds. The van der Waals surface area contributed by atoms with Gasteiger partial charge in [-0.15, -0.1) is 11.8 Å². The molecule has 17 heavy (non-hydrogen) atoms. The van der Waals surface area contributed by atoms with Crippen LogP contribution >= 0.6 is 23.5 Å². The summed E-state index contributed by atoms with van der Waals surface area (Å²) in [6.45, 7) is 3.28. The summed E-state index contributed by atoms with van der Waals surface area (Å²) < 4.78 is 13.1. The van der Waals surface area contributed by atoms with E-state index in [9.17, 15) is 4.79 Å². The number of amides is 1. The summed E-state index contributed by atoms with van der Waals surface area (Å²) in [5.41, 5.74) is 1.94. The maximum Gasteiger partial charge on any atom is 0.230 e. The zero-order chi connectivity index (χ0) is 12.5. The Morgan fingerprint density at radius 3 is 3.00 bits per heavy atom. The van der Waals surface area contributed by atoms with Crippen LogP contribution in [0.3, 0.4) is 0 Å². The number of nitrogens with one attached hydrogen (secondary N) is 1. The van der Waals surface area contributed by atoms with Crippen molar-refractivity contribution < 1.29 is 9.53 Å². The highest BCUT2D eigenvalue weighted by Gasteiger charge is 2.05. The van der Waals surface area contributed by atoms with E-state index in [0.29, 0.717) is 18.9 Å². The molecule has 0 aliphatic heterocycles. The van der Waals surface area contributed by atoms with Gasteiger partial charge in [-0.05, 0) is 13.3 Å². The Morgan fingerprint density at radius 1 is 1.53 bits per heavy atom. The van der Waals surface area contributed by atoms with Crippen LogP contribution in [0.1, 0.15) is 17.8 Å². The third-order valence-corrected chi connectivity index (χ3v) is 3.67. The summed E-state index contributed by atoms with van der Waals surface area (Å²) in [5, 5.41) is 2.84. The van der Waals surface area contributed by atoms with E-state index >= 15 is 0 Å². The Morgan fingerprint density at radius 2 is 2.35 bits per heavy atom. The number of rotatable bonds is 8. The zero-order valence-corrected chi connectivity index (χ0v) is 11.7. The number of ether oxygens (including phenoxy) is 1. The SMILES string of the molecule is COCCCNC(=O)CSCc1nsnc1C. The first kappa shape index (κ1) is 14.4. The van der Waals surface area contributed by atoms with Crippen LogP contribution in [-0.4, -0.2) is 40.7 Å². The molecule has 0 saturated carbocycles. The molecule has 1 heterocycles. The van der Waals surface area contributed by atoms with Crippen molar-refractivity contribution >= 4 is 29.4 Å². The fourth-order valence-corrected chi connectivity index (χ4v) is 2.62. The molecule has 0 spiro atoms. The van der Waals surface area contributed by atoms with Gasteiger partial charge in [-0.3, -0.25) is 4.79 Å². The van der Waals surface area contributed by atoms with Crippen LogP contribution in [0.25, 0.3) is 0 Å². The monoisotopic (exact) mass is 275 g/mol. The van der Waals surface area contributed by atoms with Gasteiger partial charge < -0.3 is 10.1 Å². The first-order valence-corrected chi connectivity index (χ1v) is 7.24. The summed E-state index contributed by atoms with van der Waals surface area (Å²) >= 11 is 2.77. The quantitative estimate of drug-likeness (QED) is 0.723. The number of nitrogens with zero attached hydrogens (tertiary/aromatic N) is 2. The Bertz CT molecular complexity index is 344. The van der Waals surface area contributed by atoms with Crippen LogP contribution in [0.4, 0.5) is 0 Å². The van der Waals surface area contributed by atoms with E-state index in [0.717, 1.165) is 23.6 Å². The van der Waals surface area contributed by atoms with Crippen molar-refractivity contribution in [1.29, 1.82) is 0 Å². The van der Waals surface area contributed by atoms with E-state index in [2.05, 4.69) is 14.1 Å². The van der Waals surface area contributed by atoms with E-state index in [1.165, 1.54) is 11.7 Å². The maximum absolute atomic E-state index is 11.4. The second-order valence-electron chi connectivity index (χ2n) is 3.49. The van der Waals surface area contributed by atoms with Crippen LogP contribution in [0.2, 0.25) is 0 Å². The Hall–Kier alpha value is -0.660. The third-order valence-electron chi connectivity index (χ3n) is 2.07. The van der Waals surface area contributed by atoms with Crippen molar-refractivity contribution in [3.63, 3.8) is 0 Å². The number of methoxy groups -OCH3 is 1. The number of aryl methyl sites for hydroxylation is 1. The van der Waals surface area contributed by atoms with E-state index in [-0.39, 0.29) is 5.91 Å². The molecule has 5 nitrogen and oxygen atoms in total. The molecule has 0 atom stereocenters. The van der Waals surface area contributed by atoms with Gasteiger partial charge in [0, 0.05) is 26.0 Å². The van der Waals surface area contributed by atoms with Gasteiger partial charge in [-0.2, -0.15) is 8.75 Å². The highest BCUT2D eigenvalue weighted by molar-refractivity contribution is 7.99. The number of hydrogen-bond donors (Lipinski definition) is 1. The lowest BCUT2D eigenvalue weighted by Gasteiger charge is -2.04. The minimum atomic E-state index is 0.0620. The average molecular weight is 275 g/mol. The van der Waals surface area contributed by atoms with Crippen LogP contribution < -0.4 is 5.32 Å². The van der Waals surface area contributed by atoms with Gasteiger partial charge in [0.05, 0.1) is 28.9 Å². The van der Waals surface area contributed by atoms with E-state index in [1.54, 1.807) is 18.9 Å². The number of carbonyl (C=O) groups excluding carboxylic acids is 1.